The zero-order chi connectivity index (χ0) is 6.85. The van der Waals surface area contributed by atoms with Crippen molar-refractivity contribution in [2.24, 2.45) is 5.92 Å². The number of rotatable bonds is 1. The molecule has 10 heavy (non-hydrogen) atoms. The van der Waals surface area contributed by atoms with Gasteiger partial charge in [0.15, 0.2) is 0 Å². The molecule has 0 amide bonds. The van der Waals surface area contributed by atoms with Gasteiger partial charge in [-0.15, -0.1) is 12.4 Å². The van der Waals surface area contributed by atoms with Gasteiger partial charge in [-0.25, -0.2) is 0 Å². The molecule has 0 unspecified atom stereocenters. The minimum Gasteiger partial charge on any atom is -0.395 e. The van der Waals surface area contributed by atoms with E-state index in [9.17, 15) is 0 Å². The number of aliphatic hydroxyl groups is 1. The third-order valence-electron chi connectivity index (χ3n) is 2.23. The summed E-state index contributed by atoms with van der Waals surface area (Å²) in [5.74, 6) is 0.724. The SMILES string of the molecule is C[C@@H]1C[C@@H](CO)N[C@@H]1C.Cl. The summed E-state index contributed by atoms with van der Waals surface area (Å²) in [5.41, 5.74) is 0. The van der Waals surface area contributed by atoms with E-state index in [0.29, 0.717) is 12.1 Å². The van der Waals surface area contributed by atoms with Gasteiger partial charge in [-0.05, 0) is 19.3 Å². The van der Waals surface area contributed by atoms with E-state index in [1.807, 2.05) is 0 Å². The quantitative estimate of drug-likeness (QED) is 0.602. The normalized spacial score (nSPS) is 39.3. The third-order valence-corrected chi connectivity index (χ3v) is 2.23. The number of hydrogen-bond donors (Lipinski definition) is 2. The molecule has 0 spiro atoms. The molecule has 0 aromatic heterocycles. The summed E-state index contributed by atoms with van der Waals surface area (Å²) in [6.07, 6.45) is 1.12. The Morgan fingerprint density at radius 1 is 1.50 bits per heavy atom. The van der Waals surface area contributed by atoms with Gasteiger partial charge in [0.25, 0.3) is 0 Å². The predicted octanol–water partition coefficient (Wildman–Crippen LogP) is 0.787. The van der Waals surface area contributed by atoms with E-state index in [1.165, 1.54) is 0 Å². The van der Waals surface area contributed by atoms with Crippen LogP contribution in [0.2, 0.25) is 0 Å². The van der Waals surface area contributed by atoms with Crippen LogP contribution in [0.1, 0.15) is 20.3 Å². The Labute approximate surface area is 68.4 Å². The van der Waals surface area contributed by atoms with Gasteiger partial charge in [0.05, 0.1) is 6.61 Å². The average molecular weight is 166 g/mol. The lowest BCUT2D eigenvalue weighted by Gasteiger charge is -2.07. The Kier molecular flexibility index (Phi) is 4.25. The lowest BCUT2D eigenvalue weighted by Crippen LogP contribution is -2.30. The Morgan fingerprint density at radius 2 is 2.10 bits per heavy atom. The van der Waals surface area contributed by atoms with Gasteiger partial charge in [-0.3, -0.25) is 0 Å². The van der Waals surface area contributed by atoms with Crippen molar-refractivity contribution >= 4 is 12.4 Å². The minimum atomic E-state index is 0. The van der Waals surface area contributed by atoms with Gasteiger partial charge >= 0.3 is 0 Å². The molecule has 1 rings (SSSR count). The second-order valence-electron chi connectivity index (χ2n) is 3.05. The van der Waals surface area contributed by atoms with Crippen LogP contribution in [-0.4, -0.2) is 23.8 Å². The van der Waals surface area contributed by atoms with Crippen LogP contribution in [0.4, 0.5) is 0 Å². The molecule has 1 fully saturated rings. The van der Waals surface area contributed by atoms with Gasteiger partial charge in [0.2, 0.25) is 0 Å². The van der Waals surface area contributed by atoms with E-state index in [2.05, 4.69) is 19.2 Å². The monoisotopic (exact) mass is 165 g/mol. The van der Waals surface area contributed by atoms with E-state index in [0.717, 1.165) is 12.3 Å². The summed E-state index contributed by atoms with van der Waals surface area (Å²) in [6.45, 7) is 4.67. The second-order valence-corrected chi connectivity index (χ2v) is 3.05. The smallest absolute Gasteiger partial charge is 0.0584 e. The van der Waals surface area contributed by atoms with Crippen LogP contribution in [0, 0.1) is 5.92 Å². The fraction of sp³-hybridized carbons (Fsp3) is 1.00. The lowest BCUT2D eigenvalue weighted by molar-refractivity contribution is 0.251. The average Bonchev–Trinajstić information content (AvgIpc) is 2.13. The van der Waals surface area contributed by atoms with Crippen LogP contribution >= 0.6 is 12.4 Å². The van der Waals surface area contributed by atoms with E-state index in [1.54, 1.807) is 0 Å². The van der Waals surface area contributed by atoms with Gasteiger partial charge in [-0.2, -0.15) is 0 Å². The highest BCUT2D eigenvalue weighted by Gasteiger charge is 2.25. The van der Waals surface area contributed by atoms with Crippen molar-refractivity contribution in [3.05, 3.63) is 0 Å². The molecule has 2 nitrogen and oxygen atoms in total. The van der Waals surface area contributed by atoms with Crippen LogP contribution in [0.5, 0.6) is 0 Å². The molecule has 1 saturated heterocycles. The summed E-state index contributed by atoms with van der Waals surface area (Å²) in [4.78, 5) is 0. The maximum Gasteiger partial charge on any atom is 0.0584 e. The highest BCUT2D eigenvalue weighted by molar-refractivity contribution is 5.85. The van der Waals surface area contributed by atoms with E-state index in [-0.39, 0.29) is 19.0 Å². The Balaban J connectivity index is 0.000000810. The van der Waals surface area contributed by atoms with Crippen molar-refractivity contribution in [2.75, 3.05) is 6.61 Å². The van der Waals surface area contributed by atoms with Gasteiger partial charge < -0.3 is 10.4 Å². The number of halogens is 1. The van der Waals surface area contributed by atoms with Crippen LogP contribution < -0.4 is 5.32 Å². The van der Waals surface area contributed by atoms with Crippen LogP contribution in [0.25, 0.3) is 0 Å². The molecule has 2 N–H and O–H groups in total. The fourth-order valence-corrected chi connectivity index (χ4v) is 1.38. The van der Waals surface area contributed by atoms with Crippen LogP contribution in [0.15, 0.2) is 0 Å². The van der Waals surface area contributed by atoms with Crippen molar-refractivity contribution < 1.29 is 5.11 Å². The Hall–Kier alpha value is 0.210. The third kappa shape index (κ3) is 2.11. The number of aliphatic hydroxyl groups excluding tert-OH is 1. The molecule has 0 aromatic carbocycles. The number of nitrogens with one attached hydrogen (secondary N) is 1. The van der Waals surface area contributed by atoms with Crippen molar-refractivity contribution in [2.45, 2.75) is 32.4 Å². The zero-order valence-corrected chi connectivity index (χ0v) is 7.32. The summed E-state index contributed by atoms with van der Waals surface area (Å²) in [7, 11) is 0. The molecule has 0 bridgehead atoms. The highest BCUT2D eigenvalue weighted by Crippen LogP contribution is 2.18. The van der Waals surface area contributed by atoms with Crippen LogP contribution in [0.3, 0.4) is 0 Å². The van der Waals surface area contributed by atoms with E-state index >= 15 is 0 Å². The fourth-order valence-electron chi connectivity index (χ4n) is 1.38. The molecule has 1 aliphatic heterocycles. The largest absolute Gasteiger partial charge is 0.395 e. The Bertz CT molecular complexity index is 89.6. The maximum absolute atomic E-state index is 8.74. The molecule has 3 heteroatoms. The molecular formula is C7H16ClNO. The highest BCUT2D eigenvalue weighted by atomic mass is 35.5. The van der Waals surface area contributed by atoms with Crippen molar-refractivity contribution in [1.29, 1.82) is 0 Å². The summed E-state index contributed by atoms with van der Waals surface area (Å²) in [6, 6.07) is 0.942. The predicted molar refractivity (Wildman–Crippen MR) is 44.5 cm³/mol. The Morgan fingerprint density at radius 3 is 2.30 bits per heavy atom. The molecule has 0 aromatic rings. The summed E-state index contributed by atoms with van der Waals surface area (Å²) < 4.78 is 0. The molecule has 0 radical (unpaired) electrons. The van der Waals surface area contributed by atoms with E-state index in [4.69, 9.17) is 5.11 Å². The molecular weight excluding hydrogens is 150 g/mol. The zero-order valence-electron chi connectivity index (χ0n) is 6.50. The number of hydrogen-bond acceptors (Lipinski definition) is 2. The van der Waals surface area contributed by atoms with Crippen molar-refractivity contribution in [1.82, 2.24) is 5.32 Å². The van der Waals surface area contributed by atoms with Gasteiger partial charge in [-0.1, -0.05) is 6.92 Å². The summed E-state index contributed by atoms with van der Waals surface area (Å²) >= 11 is 0. The molecule has 1 heterocycles. The first-order valence-electron chi connectivity index (χ1n) is 3.61. The van der Waals surface area contributed by atoms with Crippen LogP contribution in [-0.2, 0) is 0 Å². The van der Waals surface area contributed by atoms with Crippen molar-refractivity contribution in [3.8, 4) is 0 Å². The molecule has 0 aliphatic carbocycles. The molecule has 62 valence electrons. The van der Waals surface area contributed by atoms with Gasteiger partial charge in [0, 0.05) is 12.1 Å². The summed E-state index contributed by atoms with van der Waals surface area (Å²) in [5, 5.41) is 12.0. The molecule has 0 saturated carbocycles. The molecule has 3 atom stereocenters. The van der Waals surface area contributed by atoms with Crippen molar-refractivity contribution in [3.63, 3.8) is 0 Å². The standard InChI is InChI=1S/C7H15NO.ClH/c1-5-3-7(4-9)8-6(5)2;/h5-9H,3-4H2,1-2H3;1H/t5-,6-,7+;/m1./s1. The first-order valence-corrected chi connectivity index (χ1v) is 3.61. The topological polar surface area (TPSA) is 32.3 Å². The minimum absolute atomic E-state index is 0. The van der Waals surface area contributed by atoms with E-state index < -0.39 is 0 Å². The first kappa shape index (κ1) is 10.2. The second kappa shape index (κ2) is 4.16. The van der Waals surface area contributed by atoms with Gasteiger partial charge in [0.1, 0.15) is 0 Å². The maximum atomic E-state index is 8.74. The first-order chi connectivity index (χ1) is 4.24. The lowest BCUT2D eigenvalue weighted by atomic mass is 10.0. The molecule has 1 aliphatic rings.